The second-order valence-electron chi connectivity index (χ2n) is 5.57. The Hall–Kier alpha value is -0.860. The van der Waals surface area contributed by atoms with Gasteiger partial charge >= 0.3 is 0 Å². The van der Waals surface area contributed by atoms with Crippen LogP contribution in [-0.4, -0.2) is 42.5 Å². The van der Waals surface area contributed by atoms with Crippen molar-refractivity contribution in [1.29, 1.82) is 0 Å². The number of rotatable bonds is 4. The molecule has 0 radical (unpaired) electrons. The Bertz CT molecular complexity index is 350. The van der Waals surface area contributed by atoms with Crippen molar-refractivity contribution in [2.45, 2.75) is 39.3 Å². The first-order chi connectivity index (χ1) is 8.69. The van der Waals surface area contributed by atoms with Crippen LogP contribution in [0.4, 0.5) is 0 Å². The Kier molecular flexibility index (Phi) is 4.79. The molecule has 0 bridgehead atoms. The molecule has 2 heteroatoms. The minimum Gasteiger partial charge on any atom is -0.303 e. The minimum atomic E-state index is 0.758. The zero-order valence-electron chi connectivity index (χ0n) is 12.0. The molecule has 1 aliphatic rings. The van der Waals surface area contributed by atoms with Crippen molar-refractivity contribution < 1.29 is 0 Å². The Balaban J connectivity index is 1.85. The molecule has 2 nitrogen and oxygen atoms in total. The molecule has 0 aliphatic carbocycles. The fourth-order valence-electron chi connectivity index (χ4n) is 2.79. The van der Waals surface area contributed by atoms with E-state index in [1.165, 1.54) is 43.6 Å². The average molecular weight is 246 g/mol. The lowest BCUT2D eigenvalue weighted by Crippen LogP contribution is -2.42. The Morgan fingerprint density at radius 3 is 2.33 bits per heavy atom. The lowest BCUT2D eigenvalue weighted by molar-refractivity contribution is 0.127. The quantitative estimate of drug-likeness (QED) is 0.806. The van der Waals surface area contributed by atoms with Crippen molar-refractivity contribution in [3.63, 3.8) is 0 Å². The summed E-state index contributed by atoms with van der Waals surface area (Å²) < 4.78 is 0. The van der Waals surface area contributed by atoms with Gasteiger partial charge < -0.3 is 4.90 Å². The highest BCUT2D eigenvalue weighted by molar-refractivity contribution is 5.21. The number of piperidine rings is 1. The maximum absolute atomic E-state index is 2.55. The highest BCUT2D eigenvalue weighted by Crippen LogP contribution is 2.17. The van der Waals surface area contributed by atoms with Gasteiger partial charge in [-0.1, -0.05) is 36.8 Å². The van der Waals surface area contributed by atoms with Crippen LogP contribution < -0.4 is 0 Å². The van der Waals surface area contributed by atoms with E-state index in [2.05, 4.69) is 55.0 Å². The topological polar surface area (TPSA) is 6.48 Å². The van der Waals surface area contributed by atoms with Crippen molar-refractivity contribution in [1.82, 2.24) is 9.80 Å². The number of benzene rings is 1. The third kappa shape index (κ3) is 3.56. The van der Waals surface area contributed by atoms with Crippen LogP contribution in [0.15, 0.2) is 24.3 Å². The fraction of sp³-hybridized carbons (Fsp3) is 0.625. The largest absolute Gasteiger partial charge is 0.303 e. The maximum Gasteiger partial charge on any atom is 0.0233 e. The molecule has 0 atom stereocenters. The molecule has 1 saturated heterocycles. The molecule has 0 amide bonds. The van der Waals surface area contributed by atoms with Gasteiger partial charge in [-0.25, -0.2) is 0 Å². The van der Waals surface area contributed by atoms with Crippen molar-refractivity contribution in [2.24, 2.45) is 0 Å². The molecule has 2 rings (SSSR count). The first-order valence-electron chi connectivity index (χ1n) is 7.17. The Morgan fingerprint density at radius 2 is 1.78 bits per heavy atom. The van der Waals surface area contributed by atoms with Gasteiger partial charge in [0.1, 0.15) is 0 Å². The maximum atomic E-state index is 2.55. The SMILES string of the molecule is CCN1CCC(N(C)Cc2ccc(C)cc2)CC1. The molecular weight excluding hydrogens is 220 g/mol. The summed E-state index contributed by atoms with van der Waals surface area (Å²) in [6, 6.07) is 9.69. The van der Waals surface area contributed by atoms with Crippen LogP contribution in [-0.2, 0) is 6.54 Å². The smallest absolute Gasteiger partial charge is 0.0233 e. The third-order valence-electron chi connectivity index (χ3n) is 4.18. The predicted octanol–water partition coefficient (Wildman–Crippen LogP) is 2.91. The molecule has 0 N–H and O–H groups in total. The lowest BCUT2D eigenvalue weighted by Gasteiger charge is -2.36. The molecule has 0 saturated carbocycles. The summed E-state index contributed by atoms with van der Waals surface area (Å²) in [6.45, 7) is 9.22. The minimum absolute atomic E-state index is 0.758. The zero-order chi connectivity index (χ0) is 13.0. The molecule has 0 spiro atoms. The number of hydrogen-bond donors (Lipinski definition) is 0. The number of likely N-dealkylation sites (tertiary alicyclic amines) is 1. The normalized spacial score (nSPS) is 18.4. The molecule has 1 heterocycles. The van der Waals surface area contributed by atoms with Crippen LogP contribution >= 0.6 is 0 Å². The number of hydrogen-bond acceptors (Lipinski definition) is 2. The van der Waals surface area contributed by atoms with Crippen LogP contribution in [0.5, 0.6) is 0 Å². The summed E-state index contributed by atoms with van der Waals surface area (Å²) in [6.07, 6.45) is 2.63. The lowest BCUT2D eigenvalue weighted by atomic mass is 10.0. The van der Waals surface area contributed by atoms with E-state index in [1.54, 1.807) is 0 Å². The van der Waals surface area contributed by atoms with E-state index in [9.17, 15) is 0 Å². The van der Waals surface area contributed by atoms with E-state index in [1.807, 2.05) is 0 Å². The molecule has 1 aliphatic heterocycles. The second-order valence-corrected chi connectivity index (χ2v) is 5.57. The zero-order valence-corrected chi connectivity index (χ0v) is 12.0. The van der Waals surface area contributed by atoms with Crippen LogP contribution in [0.3, 0.4) is 0 Å². The Morgan fingerprint density at radius 1 is 1.17 bits per heavy atom. The molecule has 0 unspecified atom stereocenters. The highest BCUT2D eigenvalue weighted by Gasteiger charge is 2.21. The summed E-state index contributed by atoms with van der Waals surface area (Å²) in [5.74, 6) is 0. The van der Waals surface area contributed by atoms with Gasteiger partial charge in [-0.3, -0.25) is 4.90 Å². The van der Waals surface area contributed by atoms with Crippen molar-refractivity contribution in [2.75, 3.05) is 26.7 Å². The van der Waals surface area contributed by atoms with E-state index in [-0.39, 0.29) is 0 Å². The molecular formula is C16H26N2. The van der Waals surface area contributed by atoms with Crippen molar-refractivity contribution in [3.05, 3.63) is 35.4 Å². The summed E-state index contributed by atoms with van der Waals surface area (Å²) in [4.78, 5) is 5.08. The van der Waals surface area contributed by atoms with Crippen molar-refractivity contribution >= 4 is 0 Å². The Labute approximate surface area is 112 Å². The van der Waals surface area contributed by atoms with Crippen LogP contribution in [0, 0.1) is 6.92 Å². The van der Waals surface area contributed by atoms with Gasteiger partial charge in [-0.15, -0.1) is 0 Å². The van der Waals surface area contributed by atoms with Gasteiger partial charge in [-0.05, 0) is 52.0 Å². The first-order valence-corrected chi connectivity index (χ1v) is 7.17. The highest BCUT2D eigenvalue weighted by atomic mass is 15.2. The molecule has 1 fully saturated rings. The van der Waals surface area contributed by atoms with E-state index >= 15 is 0 Å². The van der Waals surface area contributed by atoms with E-state index in [0.29, 0.717) is 0 Å². The summed E-state index contributed by atoms with van der Waals surface area (Å²) in [5.41, 5.74) is 2.78. The van der Waals surface area contributed by atoms with Crippen LogP contribution in [0.2, 0.25) is 0 Å². The summed E-state index contributed by atoms with van der Waals surface area (Å²) in [5, 5.41) is 0. The van der Waals surface area contributed by atoms with Gasteiger partial charge in [0.2, 0.25) is 0 Å². The molecule has 1 aromatic carbocycles. The fourth-order valence-corrected chi connectivity index (χ4v) is 2.79. The van der Waals surface area contributed by atoms with Gasteiger partial charge in [0, 0.05) is 12.6 Å². The standard InChI is InChI=1S/C16H26N2/c1-4-18-11-9-16(10-12-18)17(3)13-15-7-5-14(2)6-8-15/h5-8,16H,4,9-13H2,1-3H3. The van der Waals surface area contributed by atoms with E-state index in [4.69, 9.17) is 0 Å². The third-order valence-corrected chi connectivity index (χ3v) is 4.18. The van der Waals surface area contributed by atoms with Gasteiger partial charge in [0.25, 0.3) is 0 Å². The van der Waals surface area contributed by atoms with Crippen LogP contribution in [0.25, 0.3) is 0 Å². The first kappa shape index (κ1) is 13.6. The molecule has 100 valence electrons. The molecule has 18 heavy (non-hydrogen) atoms. The summed E-state index contributed by atoms with van der Waals surface area (Å²) in [7, 11) is 2.27. The van der Waals surface area contributed by atoms with Crippen LogP contribution in [0.1, 0.15) is 30.9 Å². The summed E-state index contributed by atoms with van der Waals surface area (Å²) >= 11 is 0. The van der Waals surface area contributed by atoms with E-state index < -0.39 is 0 Å². The van der Waals surface area contributed by atoms with Gasteiger partial charge in [0.05, 0.1) is 0 Å². The molecule has 1 aromatic rings. The monoisotopic (exact) mass is 246 g/mol. The second kappa shape index (κ2) is 6.35. The number of nitrogens with zero attached hydrogens (tertiary/aromatic N) is 2. The average Bonchev–Trinajstić information content (AvgIpc) is 2.41. The van der Waals surface area contributed by atoms with Crippen molar-refractivity contribution in [3.8, 4) is 0 Å². The molecule has 0 aromatic heterocycles. The van der Waals surface area contributed by atoms with Gasteiger partial charge in [-0.2, -0.15) is 0 Å². The van der Waals surface area contributed by atoms with E-state index in [0.717, 1.165) is 12.6 Å². The predicted molar refractivity (Wildman–Crippen MR) is 77.8 cm³/mol. The van der Waals surface area contributed by atoms with Gasteiger partial charge in [0.15, 0.2) is 0 Å². The number of aryl methyl sites for hydroxylation is 1.